The Labute approximate surface area is 142 Å². The number of anilines is 2. The molecule has 1 aliphatic heterocycles. The smallest absolute Gasteiger partial charge is 0.258 e. The predicted molar refractivity (Wildman–Crippen MR) is 94.7 cm³/mol. The summed E-state index contributed by atoms with van der Waals surface area (Å²) in [5.74, 6) is 0.640. The molecule has 0 aromatic heterocycles. The minimum atomic E-state index is -0.0289. The highest BCUT2D eigenvalue weighted by atomic mass is 16.5. The molecule has 5 nitrogen and oxygen atoms in total. The molecule has 1 aliphatic rings. The number of nitrogens with two attached hydrogens (primary N) is 1. The average Bonchev–Trinajstić information content (AvgIpc) is 2.62. The van der Waals surface area contributed by atoms with E-state index in [4.69, 9.17) is 15.2 Å². The summed E-state index contributed by atoms with van der Waals surface area (Å²) >= 11 is 0. The number of hydrogen-bond acceptors (Lipinski definition) is 4. The maximum absolute atomic E-state index is 13.0. The van der Waals surface area contributed by atoms with Gasteiger partial charge in [0, 0.05) is 30.6 Å². The Bertz CT molecular complexity index is 730. The van der Waals surface area contributed by atoms with Crippen molar-refractivity contribution in [3.05, 3.63) is 53.6 Å². The van der Waals surface area contributed by atoms with E-state index >= 15 is 0 Å². The summed E-state index contributed by atoms with van der Waals surface area (Å²) in [6, 6.07) is 13.0. The number of fused-ring (bicyclic) bond motifs is 1. The SMILES string of the molecule is COCCOc1cccc(C(=O)N2CCCc3c(N)cccc32)c1. The second-order valence-corrected chi connectivity index (χ2v) is 5.77. The number of ether oxygens (including phenoxy) is 2. The van der Waals surface area contributed by atoms with Gasteiger partial charge in [-0.3, -0.25) is 4.79 Å². The second kappa shape index (κ2) is 7.36. The Hall–Kier alpha value is -2.53. The number of nitrogens with zero attached hydrogens (tertiary/aromatic N) is 1. The quantitative estimate of drug-likeness (QED) is 0.678. The van der Waals surface area contributed by atoms with Gasteiger partial charge in [-0.25, -0.2) is 0 Å². The molecule has 2 N–H and O–H groups in total. The van der Waals surface area contributed by atoms with E-state index in [1.807, 2.05) is 41.3 Å². The number of carbonyl (C=O) groups is 1. The van der Waals surface area contributed by atoms with Gasteiger partial charge < -0.3 is 20.1 Å². The van der Waals surface area contributed by atoms with Crippen LogP contribution in [0.1, 0.15) is 22.3 Å². The molecule has 24 heavy (non-hydrogen) atoms. The summed E-state index contributed by atoms with van der Waals surface area (Å²) in [5.41, 5.74) is 9.40. The van der Waals surface area contributed by atoms with Gasteiger partial charge in [0.25, 0.3) is 5.91 Å². The van der Waals surface area contributed by atoms with Gasteiger partial charge in [-0.1, -0.05) is 12.1 Å². The van der Waals surface area contributed by atoms with Crippen molar-refractivity contribution in [1.82, 2.24) is 0 Å². The molecule has 2 aromatic carbocycles. The predicted octanol–water partition coefficient (Wildman–Crippen LogP) is 2.89. The van der Waals surface area contributed by atoms with Crippen LogP contribution in [0.25, 0.3) is 0 Å². The summed E-state index contributed by atoms with van der Waals surface area (Å²) in [6.07, 6.45) is 1.82. The highest BCUT2D eigenvalue weighted by molar-refractivity contribution is 6.07. The highest BCUT2D eigenvalue weighted by Gasteiger charge is 2.24. The minimum absolute atomic E-state index is 0.0289. The number of nitrogen functional groups attached to an aromatic ring is 1. The lowest BCUT2D eigenvalue weighted by atomic mass is 9.99. The van der Waals surface area contributed by atoms with E-state index < -0.39 is 0 Å². The van der Waals surface area contributed by atoms with Gasteiger partial charge in [0.2, 0.25) is 0 Å². The van der Waals surface area contributed by atoms with Crippen molar-refractivity contribution >= 4 is 17.3 Å². The molecule has 0 unspecified atom stereocenters. The molecule has 1 amide bonds. The lowest BCUT2D eigenvalue weighted by Crippen LogP contribution is -2.35. The normalized spacial score (nSPS) is 13.5. The first kappa shape index (κ1) is 16.3. The molecule has 0 bridgehead atoms. The molecular weight excluding hydrogens is 304 g/mol. The van der Waals surface area contributed by atoms with Crippen molar-refractivity contribution in [3.8, 4) is 5.75 Å². The van der Waals surface area contributed by atoms with Gasteiger partial charge in [-0.05, 0) is 48.7 Å². The van der Waals surface area contributed by atoms with Gasteiger partial charge in [0.05, 0.1) is 6.61 Å². The van der Waals surface area contributed by atoms with Crippen molar-refractivity contribution in [1.29, 1.82) is 0 Å². The molecule has 0 fully saturated rings. The lowest BCUT2D eigenvalue weighted by molar-refractivity contribution is 0.0984. The van der Waals surface area contributed by atoms with E-state index in [9.17, 15) is 4.79 Å². The summed E-state index contributed by atoms with van der Waals surface area (Å²) in [6.45, 7) is 1.66. The van der Waals surface area contributed by atoms with Gasteiger partial charge >= 0.3 is 0 Å². The molecule has 5 heteroatoms. The number of benzene rings is 2. The van der Waals surface area contributed by atoms with Crippen molar-refractivity contribution in [2.75, 3.05) is 37.5 Å². The maximum Gasteiger partial charge on any atom is 0.258 e. The Morgan fingerprint density at radius 1 is 1.21 bits per heavy atom. The molecule has 3 rings (SSSR count). The average molecular weight is 326 g/mol. The van der Waals surface area contributed by atoms with Crippen LogP contribution in [-0.4, -0.2) is 32.8 Å². The first-order chi connectivity index (χ1) is 11.7. The summed E-state index contributed by atoms with van der Waals surface area (Å²) in [7, 11) is 1.63. The maximum atomic E-state index is 13.0. The zero-order valence-electron chi connectivity index (χ0n) is 13.8. The van der Waals surface area contributed by atoms with Crippen LogP contribution in [0.15, 0.2) is 42.5 Å². The number of carbonyl (C=O) groups excluding carboxylic acids is 1. The van der Waals surface area contributed by atoms with E-state index in [2.05, 4.69) is 0 Å². The molecule has 0 saturated carbocycles. The molecule has 0 atom stereocenters. The standard InChI is InChI=1S/C19H22N2O3/c1-23-11-12-24-15-6-2-5-14(13-15)19(22)21-10-4-7-16-17(20)8-3-9-18(16)21/h2-3,5-6,8-9,13H,4,7,10-12,20H2,1H3. The van der Waals surface area contributed by atoms with Crippen LogP contribution in [-0.2, 0) is 11.2 Å². The lowest BCUT2D eigenvalue weighted by Gasteiger charge is -2.30. The number of amides is 1. The number of rotatable bonds is 5. The second-order valence-electron chi connectivity index (χ2n) is 5.77. The van der Waals surface area contributed by atoms with E-state index in [0.717, 1.165) is 29.8 Å². The fraction of sp³-hybridized carbons (Fsp3) is 0.316. The fourth-order valence-electron chi connectivity index (χ4n) is 2.98. The third-order valence-corrected chi connectivity index (χ3v) is 4.17. The first-order valence-electron chi connectivity index (χ1n) is 8.11. The monoisotopic (exact) mass is 326 g/mol. The van der Waals surface area contributed by atoms with Crippen LogP contribution >= 0.6 is 0 Å². The fourth-order valence-corrected chi connectivity index (χ4v) is 2.98. The van der Waals surface area contributed by atoms with Gasteiger partial charge in [0.15, 0.2) is 0 Å². The molecular formula is C19H22N2O3. The number of methoxy groups -OCH3 is 1. The first-order valence-corrected chi connectivity index (χ1v) is 8.11. The summed E-state index contributed by atoms with van der Waals surface area (Å²) < 4.78 is 10.6. The largest absolute Gasteiger partial charge is 0.491 e. The van der Waals surface area contributed by atoms with Crippen molar-refractivity contribution in [2.45, 2.75) is 12.8 Å². The Morgan fingerprint density at radius 3 is 2.88 bits per heavy atom. The van der Waals surface area contributed by atoms with Crippen molar-refractivity contribution in [3.63, 3.8) is 0 Å². The molecule has 1 heterocycles. The van der Waals surface area contributed by atoms with Crippen LogP contribution in [0.3, 0.4) is 0 Å². The summed E-state index contributed by atoms with van der Waals surface area (Å²) in [4.78, 5) is 14.8. The van der Waals surface area contributed by atoms with Crippen molar-refractivity contribution in [2.24, 2.45) is 0 Å². The van der Waals surface area contributed by atoms with E-state index in [1.54, 1.807) is 13.2 Å². The number of hydrogen-bond donors (Lipinski definition) is 1. The molecule has 0 aliphatic carbocycles. The van der Waals surface area contributed by atoms with Crippen LogP contribution < -0.4 is 15.4 Å². The van der Waals surface area contributed by atoms with Crippen LogP contribution in [0.2, 0.25) is 0 Å². The minimum Gasteiger partial charge on any atom is -0.491 e. The van der Waals surface area contributed by atoms with Gasteiger partial charge in [-0.15, -0.1) is 0 Å². The Kier molecular flexibility index (Phi) is 5.01. The molecule has 126 valence electrons. The zero-order chi connectivity index (χ0) is 16.9. The third-order valence-electron chi connectivity index (χ3n) is 4.17. The van der Waals surface area contributed by atoms with Gasteiger partial charge in [0.1, 0.15) is 12.4 Å². The molecule has 0 spiro atoms. The van der Waals surface area contributed by atoms with Crippen LogP contribution in [0.5, 0.6) is 5.75 Å². The van der Waals surface area contributed by atoms with Crippen LogP contribution in [0, 0.1) is 0 Å². The third kappa shape index (κ3) is 3.36. The molecule has 2 aromatic rings. The van der Waals surface area contributed by atoms with E-state index in [0.29, 0.717) is 31.1 Å². The van der Waals surface area contributed by atoms with Gasteiger partial charge in [-0.2, -0.15) is 0 Å². The zero-order valence-corrected chi connectivity index (χ0v) is 13.8. The topological polar surface area (TPSA) is 64.8 Å². The van der Waals surface area contributed by atoms with E-state index in [-0.39, 0.29) is 5.91 Å². The van der Waals surface area contributed by atoms with E-state index in [1.165, 1.54) is 0 Å². The van der Waals surface area contributed by atoms with Crippen molar-refractivity contribution < 1.29 is 14.3 Å². The Balaban J connectivity index is 1.83. The highest BCUT2D eigenvalue weighted by Crippen LogP contribution is 2.32. The molecule has 0 saturated heterocycles. The summed E-state index contributed by atoms with van der Waals surface area (Å²) in [5, 5.41) is 0. The Morgan fingerprint density at radius 2 is 2.04 bits per heavy atom. The molecule has 0 radical (unpaired) electrons. The van der Waals surface area contributed by atoms with Crippen LogP contribution in [0.4, 0.5) is 11.4 Å².